The van der Waals surface area contributed by atoms with Gasteiger partial charge in [-0.2, -0.15) is 0 Å². The van der Waals surface area contributed by atoms with Gasteiger partial charge in [-0.1, -0.05) is 29.8 Å². The van der Waals surface area contributed by atoms with E-state index in [-0.39, 0.29) is 23.7 Å². The van der Waals surface area contributed by atoms with Crippen molar-refractivity contribution < 1.29 is 23.7 Å². The van der Waals surface area contributed by atoms with Gasteiger partial charge in [0.15, 0.2) is 6.61 Å². The van der Waals surface area contributed by atoms with Crippen molar-refractivity contribution in [1.29, 1.82) is 0 Å². The van der Waals surface area contributed by atoms with E-state index in [0.29, 0.717) is 22.4 Å². The number of nitrogens with one attached hydrogen (secondary N) is 2. The lowest BCUT2D eigenvalue weighted by Gasteiger charge is -2.09. The minimum atomic E-state index is -0.616. The van der Waals surface area contributed by atoms with Crippen molar-refractivity contribution in [2.75, 3.05) is 17.2 Å². The second-order valence-electron chi connectivity index (χ2n) is 7.21. The molecule has 1 aromatic heterocycles. The molecule has 4 aromatic rings. The largest absolute Gasteiger partial charge is 0.484 e. The maximum absolute atomic E-state index is 12.9. The van der Waals surface area contributed by atoms with Crippen LogP contribution in [0.3, 0.4) is 0 Å². The molecule has 2 N–H and O–H groups in total. The number of aryl methyl sites for hydroxylation is 1. The van der Waals surface area contributed by atoms with Gasteiger partial charge < -0.3 is 19.8 Å². The Bertz CT molecular complexity index is 1330. The third-order valence-corrected chi connectivity index (χ3v) is 4.79. The quantitative estimate of drug-likeness (QED) is 0.307. The number of para-hydroxylation sites is 1. The summed E-state index contributed by atoms with van der Waals surface area (Å²) in [6.07, 6.45) is 0. The second-order valence-corrected chi connectivity index (χ2v) is 7.21. The highest BCUT2D eigenvalue weighted by Gasteiger charge is 2.23. The van der Waals surface area contributed by atoms with Crippen LogP contribution >= 0.6 is 0 Å². The van der Waals surface area contributed by atoms with Gasteiger partial charge >= 0.3 is 0 Å². The lowest BCUT2D eigenvalue weighted by Crippen LogP contribution is -2.22. The number of carbonyl (C=O) groups is 2. The van der Waals surface area contributed by atoms with Crippen LogP contribution in [-0.4, -0.2) is 23.3 Å². The number of nitro groups is 1. The Morgan fingerprint density at radius 1 is 0.970 bits per heavy atom. The van der Waals surface area contributed by atoms with Gasteiger partial charge in [-0.25, -0.2) is 0 Å². The summed E-state index contributed by atoms with van der Waals surface area (Å²) in [6.45, 7) is 1.69. The fourth-order valence-electron chi connectivity index (χ4n) is 3.14. The summed E-state index contributed by atoms with van der Waals surface area (Å²) < 4.78 is 11.2. The van der Waals surface area contributed by atoms with Crippen molar-refractivity contribution in [2.24, 2.45) is 0 Å². The molecule has 0 bridgehead atoms. The zero-order valence-corrected chi connectivity index (χ0v) is 17.5. The Labute approximate surface area is 188 Å². The number of ether oxygens (including phenoxy) is 1. The zero-order chi connectivity index (χ0) is 23.4. The van der Waals surface area contributed by atoms with Crippen LogP contribution in [0.2, 0.25) is 0 Å². The summed E-state index contributed by atoms with van der Waals surface area (Å²) in [5.74, 6) is -0.636. The molecule has 0 aliphatic carbocycles. The average molecular weight is 445 g/mol. The molecule has 0 saturated carbocycles. The summed E-state index contributed by atoms with van der Waals surface area (Å²) >= 11 is 0. The lowest BCUT2D eigenvalue weighted by molar-refractivity contribution is -0.384. The monoisotopic (exact) mass is 445 g/mol. The van der Waals surface area contributed by atoms with Gasteiger partial charge in [0, 0.05) is 23.2 Å². The summed E-state index contributed by atoms with van der Waals surface area (Å²) in [5.41, 5.74) is 1.94. The fraction of sp³-hybridized carbons (Fsp3) is 0.0833. The van der Waals surface area contributed by atoms with E-state index in [9.17, 15) is 19.7 Å². The first-order valence-corrected chi connectivity index (χ1v) is 9.97. The highest BCUT2D eigenvalue weighted by Crippen LogP contribution is 2.31. The zero-order valence-electron chi connectivity index (χ0n) is 17.5. The fourth-order valence-corrected chi connectivity index (χ4v) is 3.14. The first-order valence-electron chi connectivity index (χ1n) is 9.97. The van der Waals surface area contributed by atoms with Crippen molar-refractivity contribution in [1.82, 2.24) is 0 Å². The maximum atomic E-state index is 12.9. The third kappa shape index (κ3) is 4.99. The Balaban J connectivity index is 1.53. The van der Waals surface area contributed by atoms with Crippen molar-refractivity contribution in [3.8, 4) is 5.75 Å². The van der Waals surface area contributed by atoms with E-state index in [0.717, 1.165) is 5.56 Å². The second kappa shape index (κ2) is 9.23. The molecule has 2 amide bonds. The number of carbonyl (C=O) groups excluding carboxylic acids is 2. The van der Waals surface area contributed by atoms with Gasteiger partial charge in [0.05, 0.1) is 4.92 Å². The molecule has 33 heavy (non-hydrogen) atoms. The smallest absolute Gasteiger partial charge is 0.293 e. The minimum Gasteiger partial charge on any atom is -0.484 e. The molecule has 0 saturated heterocycles. The number of fused-ring (bicyclic) bond motifs is 1. The molecule has 0 aliphatic heterocycles. The standard InChI is InChI=1S/C24H19N3O6/c1-15-6-12-18(13-7-15)32-14-21(28)26-22-19-4-2-3-5-20(19)33-23(22)24(29)25-16-8-10-17(11-9-16)27(30)31/h2-13H,14H2,1H3,(H,25,29)(H,26,28). The Morgan fingerprint density at radius 2 is 1.67 bits per heavy atom. The molecule has 0 unspecified atom stereocenters. The third-order valence-electron chi connectivity index (χ3n) is 4.79. The number of rotatable bonds is 7. The van der Waals surface area contributed by atoms with Gasteiger partial charge in [0.2, 0.25) is 5.76 Å². The van der Waals surface area contributed by atoms with Gasteiger partial charge in [0.1, 0.15) is 17.0 Å². The van der Waals surface area contributed by atoms with E-state index in [4.69, 9.17) is 9.15 Å². The number of nitrogens with zero attached hydrogens (tertiary/aromatic N) is 1. The van der Waals surface area contributed by atoms with Crippen molar-refractivity contribution in [3.63, 3.8) is 0 Å². The van der Waals surface area contributed by atoms with Crippen molar-refractivity contribution in [3.05, 3.63) is 94.2 Å². The van der Waals surface area contributed by atoms with E-state index >= 15 is 0 Å². The van der Waals surface area contributed by atoms with E-state index in [1.54, 1.807) is 36.4 Å². The van der Waals surface area contributed by atoms with Crippen molar-refractivity contribution >= 4 is 39.8 Å². The summed E-state index contributed by atoms with van der Waals surface area (Å²) in [5, 5.41) is 16.7. The summed E-state index contributed by atoms with van der Waals surface area (Å²) in [6, 6.07) is 19.5. The average Bonchev–Trinajstić information content (AvgIpc) is 3.17. The molecule has 0 atom stereocenters. The number of nitro benzene ring substituents is 1. The minimum absolute atomic E-state index is 0.0988. The van der Waals surface area contributed by atoms with Gasteiger partial charge in [-0.05, 0) is 43.3 Å². The maximum Gasteiger partial charge on any atom is 0.293 e. The predicted octanol–water partition coefficient (Wildman–Crippen LogP) is 4.92. The van der Waals surface area contributed by atoms with Crippen LogP contribution in [0.4, 0.5) is 17.1 Å². The molecule has 9 heteroatoms. The normalized spacial score (nSPS) is 10.6. The highest BCUT2D eigenvalue weighted by molar-refractivity contribution is 6.14. The molecule has 3 aromatic carbocycles. The van der Waals surface area contributed by atoms with Gasteiger partial charge in [-0.3, -0.25) is 19.7 Å². The molecule has 0 aliphatic rings. The number of non-ortho nitro benzene ring substituents is 1. The molecule has 0 radical (unpaired) electrons. The first-order chi connectivity index (χ1) is 15.9. The number of hydrogen-bond donors (Lipinski definition) is 2. The SMILES string of the molecule is Cc1ccc(OCC(=O)Nc2c(C(=O)Nc3ccc([N+](=O)[O-])cc3)oc3ccccc23)cc1. The number of benzene rings is 3. The first kappa shape index (κ1) is 21.6. The molecule has 0 spiro atoms. The number of furan rings is 1. The number of amides is 2. The summed E-state index contributed by atoms with van der Waals surface area (Å²) in [7, 11) is 0. The van der Waals surface area contributed by atoms with Crippen molar-refractivity contribution in [2.45, 2.75) is 6.92 Å². The molecule has 166 valence electrons. The molecular formula is C24H19N3O6. The van der Waals surface area contributed by atoms with Crippen LogP contribution < -0.4 is 15.4 Å². The van der Waals surface area contributed by atoms with E-state index in [2.05, 4.69) is 10.6 Å². The highest BCUT2D eigenvalue weighted by atomic mass is 16.6. The van der Waals surface area contributed by atoms with Crippen LogP contribution in [0.25, 0.3) is 11.0 Å². The Kier molecular flexibility index (Phi) is 6.03. The predicted molar refractivity (Wildman–Crippen MR) is 123 cm³/mol. The van der Waals surface area contributed by atoms with Crippen LogP contribution in [0.15, 0.2) is 77.2 Å². The van der Waals surface area contributed by atoms with Gasteiger partial charge in [0.25, 0.3) is 17.5 Å². The number of anilines is 2. The van der Waals surface area contributed by atoms with Gasteiger partial charge in [-0.15, -0.1) is 0 Å². The summed E-state index contributed by atoms with van der Waals surface area (Å²) in [4.78, 5) is 35.7. The van der Waals surface area contributed by atoms with E-state index in [1.807, 2.05) is 19.1 Å². The molecule has 1 heterocycles. The topological polar surface area (TPSA) is 124 Å². The van der Waals surface area contributed by atoms with Crippen LogP contribution in [0.5, 0.6) is 5.75 Å². The van der Waals surface area contributed by atoms with Crippen LogP contribution in [0, 0.1) is 17.0 Å². The van der Waals surface area contributed by atoms with Crippen LogP contribution in [0.1, 0.15) is 16.1 Å². The molecular weight excluding hydrogens is 426 g/mol. The van der Waals surface area contributed by atoms with E-state index < -0.39 is 16.7 Å². The number of hydrogen-bond acceptors (Lipinski definition) is 6. The Morgan fingerprint density at radius 3 is 2.36 bits per heavy atom. The molecule has 0 fully saturated rings. The molecule has 9 nitrogen and oxygen atoms in total. The lowest BCUT2D eigenvalue weighted by atomic mass is 10.2. The van der Waals surface area contributed by atoms with E-state index in [1.165, 1.54) is 24.3 Å². The Hall–Kier alpha value is -4.66. The molecule has 4 rings (SSSR count). The van der Waals surface area contributed by atoms with Crippen LogP contribution in [-0.2, 0) is 4.79 Å².